The molecule has 1 rings (SSSR count). The highest BCUT2D eigenvalue weighted by Gasteiger charge is 2.17. The summed E-state index contributed by atoms with van der Waals surface area (Å²) in [5, 5.41) is 0. The van der Waals surface area contributed by atoms with E-state index in [1.54, 1.807) is 12.1 Å². The molecule has 96 valence electrons. The molecule has 0 atom stereocenters. The molecule has 1 aromatic rings. The zero-order valence-electron chi connectivity index (χ0n) is 9.69. The van der Waals surface area contributed by atoms with E-state index in [4.69, 9.17) is 20.2 Å². The second-order valence-electron chi connectivity index (χ2n) is 3.21. The first-order valence-corrected chi connectivity index (χ1v) is 8.32. The Labute approximate surface area is 110 Å². The van der Waals surface area contributed by atoms with Crippen molar-refractivity contribution in [3.63, 3.8) is 0 Å². The summed E-state index contributed by atoms with van der Waals surface area (Å²) in [5.74, 6) is 0.802. The predicted octanol–water partition coefficient (Wildman–Crippen LogP) is 2.49. The first-order chi connectivity index (χ1) is 7.91. The summed E-state index contributed by atoms with van der Waals surface area (Å²) in [6.07, 6.45) is 1.87. The summed E-state index contributed by atoms with van der Waals surface area (Å²) >= 11 is 1.45. The van der Waals surface area contributed by atoms with Crippen molar-refractivity contribution >= 4 is 31.5 Å². The van der Waals surface area contributed by atoms with Gasteiger partial charge in [0.2, 0.25) is 9.05 Å². The second kappa shape index (κ2) is 5.84. The SMILES string of the molecule is COc1cc(CS(=O)(=O)Cl)c(OC)c(SC)c1. The number of benzene rings is 1. The summed E-state index contributed by atoms with van der Waals surface area (Å²) in [6.45, 7) is 0. The fourth-order valence-electron chi connectivity index (χ4n) is 1.43. The van der Waals surface area contributed by atoms with Crippen molar-refractivity contribution in [1.82, 2.24) is 0 Å². The van der Waals surface area contributed by atoms with Crippen LogP contribution in [0.2, 0.25) is 0 Å². The van der Waals surface area contributed by atoms with Crippen LogP contribution in [0.4, 0.5) is 0 Å². The number of thioether (sulfide) groups is 1. The molecule has 0 radical (unpaired) electrons. The fourth-order valence-corrected chi connectivity index (χ4v) is 3.00. The number of halogens is 1. The number of rotatable bonds is 5. The van der Waals surface area contributed by atoms with E-state index in [1.807, 2.05) is 6.26 Å². The molecule has 0 spiro atoms. The van der Waals surface area contributed by atoms with E-state index in [9.17, 15) is 8.42 Å². The van der Waals surface area contributed by atoms with E-state index < -0.39 is 9.05 Å². The van der Waals surface area contributed by atoms with Gasteiger partial charge in [0, 0.05) is 16.2 Å². The quantitative estimate of drug-likeness (QED) is 0.617. The molecule has 0 aliphatic rings. The lowest BCUT2D eigenvalue weighted by Crippen LogP contribution is -2.00. The van der Waals surface area contributed by atoms with Crippen LogP contribution in [0, 0.1) is 0 Å². The highest BCUT2D eigenvalue weighted by Crippen LogP contribution is 2.36. The van der Waals surface area contributed by atoms with Crippen LogP contribution in [0.1, 0.15) is 5.56 Å². The van der Waals surface area contributed by atoms with Gasteiger partial charge in [0.05, 0.1) is 24.9 Å². The van der Waals surface area contributed by atoms with Gasteiger partial charge in [-0.25, -0.2) is 8.42 Å². The molecule has 0 saturated carbocycles. The van der Waals surface area contributed by atoms with Gasteiger partial charge in [-0.15, -0.1) is 11.8 Å². The molecule has 4 nitrogen and oxygen atoms in total. The lowest BCUT2D eigenvalue weighted by atomic mass is 10.2. The Balaban J connectivity index is 3.34. The molecule has 0 amide bonds. The molecule has 1 aromatic carbocycles. The third kappa shape index (κ3) is 3.97. The first-order valence-electron chi connectivity index (χ1n) is 4.62. The smallest absolute Gasteiger partial charge is 0.236 e. The lowest BCUT2D eigenvalue weighted by molar-refractivity contribution is 0.390. The molecule has 0 N–H and O–H groups in total. The zero-order chi connectivity index (χ0) is 13.1. The van der Waals surface area contributed by atoms with Crippen LogP contribution in [0.15, 0.2) is 17.0 Å². The minimum Gasteiger partial charge on any atom is -0.497 e. The van der Waals surface area contributed by atoms with Crippen LogP contribution in [0.5, 0.6) is 11.5 Å². The zero-order valence-corrected chi connectivity index (χ0v) is 12.1. The number of methoxy groups -OCH3 is 2. The van der Waals surface area contributed by atoms with Crippen molar-refractivity contribution in [3.8, 4) is 11.5 Å². The third-order valence-electron chi connectivity index (χ3n) is 2.09. The Bertz CT molecular complexity index is 499. The number of ether oxygens (including phenoxy) is 2. The van der Waals surface area contributed by atoms with Crippen LogP contribution in [-0.2, 0) is 14.8 Å². The minimum absolute atomic E-state index is 0.289. The Morgan fingerprint density at radius 2 is 1.94 bits per heavy atom. The molecular weight excluding hydrogens is 284 g/mol. The Hall–Kier alpha value is -0.590. The van der Waals surface area contributed by atoms with E-state index >= 15 is 0 Å². The summed E-state index contributed by atoms with van der Waals surface area (Å²) in [4.78, 5) is 0.808. The Kier molecular flexibility index (Phi) is 4.97. The highest BCUT2D eigenvalue weighted by molar-refractivity contribution is 8.13. The second-order valence-corrected chi connectivity index (χ2v) is 6.83. The van der Waals surface area contributed by atoms with Crippen molar-refractivity contribution < 1.29 is 17.9 Å². The molecule has 0 fully saturated rings. The topological polar surface area (TPSA) is 52.6 Å². The van der Waals surface area contributed by atoms with E-state index in [2.05, 4.69) is 0 Å². The lowest BCUT2D eigenvalue weighted by Gasteiger charge is -2.13. The summed E-state index contributed by atoms with van der Waals surface area (Å²) in [7, 11) is 4.64. The van der Waals surface area contributed by atoms with Crippen LogP contribution in [0.25, 0.3) is 0 Å². The van der Waals surface area contributed by atoms with Crippen LogP contribution in [0.3, 0.4) is 0 Å². The van der Waals surface area contributed by atoms with Crippen molar-refractivity contribution in [3.05, 3.63) is 17.7 Å². The molecule has 0 unspecified atom stereocenters. The third-order valence-corrected chi connectivity index (χ3v) is 3.82. The molecule has 0 aliphatic carbocycles. The molecule has 0 aromatic heterocycles. The molecular formula is C10H13ClO4S2. The highest BCUT2D eigenvalue weighted by atomic mass is 35.7. The van der Waals surface area contributed by atoms with E-state index in [0.29, 0.717) is 17.1 Å². The van der Waals surface area contributed by atoms with Crippen molar-refractivity contribution in [1.29, 1.82) is 0 Å². The number of hydrogen-bond acceptors (Lipinski definition) is 5. The van der Waals surface area contributed by atoms with Crippen LogP contribution >= 0.6 is 22.4 Å². The average Bonchev–Trinajstić information content (AvgIpc) is 2.25. The van der Waals surface area contributed by atoms with Gasteiger partial charge in [0.25, 0.3) is 0 Å². The Morgan fingerprint density at radius 1 is 1.29 bits per heavy atom. The van der Waals surface area contributed by atoms with Crippen LogP contribution in [-0.4, -0.2) is 28.9 Å². The molecule has 0 bridgehead atoms. The molecule has 0 aliphatic heterocycles. The summed E-state index contributed by atoms with van der Waals surface area (Å²) in [5.41, 5.74) is 0.492. The molecule has 17 heavy (non-hydrogen) atoms. The van der Waals surface area contributed by atoms with Crippen molar-refractivity contribution in [2.75, 3.05) is 20.5 Å². The standard InChI is InChI=1S/C10H13ClO4S2/c1-14-8-4-7(6-17(11,12)13)10(15-2)9(5-8)16-3/h4-5H,6H2,1-3H3. The van der Waals surface area contributed by atoms with Crippen molar-refractivity contribution in [2.24, 2.45) is 0 Å². The van der Waals surface area contributed by atoms with Gasteiger partial charge in [-0.3, -0.25) is 0 Å². The Morgan fingerprint density at radius 3 is 2.35 bits per heavy atom. The van der Waals surface area contributed by atoms with Gasteiger partial charge in [0.1, 0.15) is 11.5 Å². The van der Waals surface area contributed by atoms with Gasteiger partial charge in [-0.2, -0.15) is 0 Å². The predicted molar refractivity (Wildman–Crippen MR) is 69.8 cm³/mol. The molecule has 7 heteroatoms. The largest absolute Gasteiger partial charge is 0.497 e. The summed E-state index contributed by atoms with van der Waals surface area (Å²) < 4.78 is 32.6. The minimum atomic E-state index is -3.63. The van der Waals surface area contributed by atoms with Gasteiger partial charge >= 0.3 is 0 Å². The first kappa shape index (κ1) is 14.5. The maximum Gasteiger partial charge on any atom is 0.236 e. The number of hydrogen-bond donors (Lipinski definition) is 0. The molecule has 0 heterocycles. The normalized spacial score (nSPS) is 11.3. The van der Waals surface area contributed by atoms with Gasteiger partial charge in [-0.05, 0) is 18.4 Å². The maximum atomic E-state index is 11.1. The van der Waals surface area contributed by atoms with Crippen molar-refractivity contribution in [2.45, 2.75) is 10.6 Å². The van der Waals surface area contributed by atoms with E-state index in [1.165, 1.54) is 26.0 Å². The van der Waals surface area contributed by atoms with E-state index in [0.717, 1.165) is 4.90 Å². The van der Waals surface area contributed by atoms with Gasteiger partial charge in [-0.1, -0.05) is 0 Å². The molecule has 0 saturated heterocycles. The van der Waals surface area contributed by atoms with E-state index in [-0.39, 0.29) is 5.75 Å². The van der Waals surface area contributed by atoms with Gasteiger partial charge in [0.15, 0.2) is 0 Å². The average molecular weight is 297 g/mol. The van der Waals surface area contributed by atoms with Gasteiger partial charge < -0.3 is 9.47 Å². The summed E-state index contributed by atoms with van der Waals surface area (Å²) in [6, 6.07) is 3.40. The maximum absolute atomic E-state index is 11.1. The monoisotopic (exact) mass is 296 g/mol. The fraction of sp³-hybridized carbons (Fsp3) is 0.400. The van der Waals surface area contributed by atoms with Crippen LogP contribution < -0.4 is 9.47 Å².